The molecule has 1 fully saturated rings. The summed E-state index contributed by atoms with van der Waals surface area (Å²) in [4.78, 5) is 0. The maximum atomic E-state index is 9.49. The molecule has 0 saturated carbocycles. The zero-order valence-corrected chi connectivity index (χ0v) is 7.85. The van der Waals surface area contributed by atoms with Gasteiger partial charge in [-0.2, -0.15) is 0 Å². The van der Waals surface area contributed by atoms with Crippen LogP contribution >= 0.6 is 0 Å². The first-order chi connectivity index (χ1) is 6.22. The van der Waals surface area contributed by atoms with E-state index in [1.165, 1.54) is 0 Å². The van der Waals surface area contributed by atoms with Crippen molar-refractivity contribution in [3.63, 3.8) is 0 Å². The Morgan fingerprint density at radius 3 is 2.62 bits per heavy atom. The van der Waals surface area contributed by atoms with Crippen molar-refractivity contribution in [3.8, 4) is 0 Å². The first kappa shape index (κ1) is 10.4. The highest BCUT2D eigenvalue weighted by atomic mass is 16.6. The van der Waals surface area contributed by atoms with Gasteiger partial charge in [-0.3, -0.25) is 0 Å². The molecule has 0 aromatic carbocycles. The summed E-state index contributed by atoms with van der Waals surface area (Å²) < 4.78 is 10.5. The molecule has 0 spiro atoms. The molecular weight excluding hydrogens is 168 g/mol. The summed E-state index contributed by atoms with van der Waals surface area (Å²) >= 11 is 0. The van der Waals surface area contributed by atoms with Gasteiger partial charge in [0, 0.05) is 13.0 Å². The van der Waals surface area contributed by atoms with E-state index in [0.717, 1.165) is 6.42 Å². The Hall–Kier alpha value is -0.640. The molecule has 0 aromatic rings. The van der Waals surface area contributed by atoms with E-state index in [1.54, 1.807) is 19.3 Å². The van der Waals surface area contributed by atoms with Crippen LogP contribution in [0.2, 0.25) is 0 Å². The van der Waals surface area contributed by atoms with Crippen molar-refractivity contribution in [2.45, 2.75) is 24.9 Å². The number of hydrogen-bond donors (Lipinski definition) is 1. The molecule has 1 saturated heterocycles. The van der Waals surface area contributed by atoms with E-state index in [9.17, 15) is 5.11 Å². The number of aliphatic hydroxyl groups is 1. The molecule has 3 heteroatoms. The van der Waals surface area contributed by atoms with Crippen molar-refractivity contribution < 1.29 is 14.6 Å². The van der Waals surface area contributed by atoms with Crippen LogP contribution in [0, 0.1) is 5.92 Å². The van der Waals surface area contributed by atoms with Crippen LogP contribution < -0.4 is 0 Å². The van der Waals surface area contributed by atoms with Crippen molar-refractivity contribution in [2.24, 2.45) is 5.92 Å². The van der Waals surface area contributed by atoms with Gasteiger partial charge in [0.1, 0.15) is 6.10 Å². The zero-order chi connectivity index (χ0) is 9.84. The summed E-state index contributed by atoms with van der Waals surface area (Å²) in [6, 6.07) is 0. The fourth-order valence-electron chi connectivity index (χ4n) is 1.52. The molecule has 0 aromatic heterocycles. The summed E-state index contributed by atoms with van der Waals surface area (Å²) in [6.07, 6.45) is 3.01. The molecule has 13 heavy (non-hydrogen) atoms. The predicted octanol–water partition coefficient (Wildman–Crippen LogP) is 1.10. The number of rotatable bonds is 3. The van der Waals surface area contributed by atoms with E-state index >= 15 is 0 Å². The van der Waals surface area contributed by atoms with E-state index in [1.807, 2.05) is 0 Å². The molecule has 0 radical (unpaired) electrons. The van der Waals surface area contributed by atoms with Gasteiger partial charge in [0.25, 0.3) is 0 Å². The molecule has 4 unspecified atom stereocenters. The van der Waals surface area contributed by atoms with Crippen LogP contribution in [0.5, 0.6) is 0 Å². The van der Waals surface area contributed by atoms with Crippen LogP contribution in [0.4, 0.5) is 0 Å². The fraction of sp³-hybridized carbons (Fsp3) is 0.600. The van der Waals surface area contributed by atoms with E-state index in [4.69, 9.17) is 9.47 Å². The van der Waals surface area contributed by atoms with Gasteiger partial charge in [-0.05, 0) is 6.42 Å². The van der Waals surface area contributed by atoms with Crippen molar-refractivity contribution >= 4 is 0 Å². The monoisotopic (exact) mass is 184 g/mol. The second-order valence-corrected chi connectivity index (χ2v) is 3.14. The standard InChI is InChI=1S/C10H16O3/c1-4-7-6-9(12-3)8(5-2)13-10(7)11/h4-5,7-11H,1-2,6H2,3H3. The van der Waals surface area contributed by atoms with Gasteiger partial charge in [-0.15, -0.1) is 13.2 Å². The minimum atomic E-state index is -0.785. The van der Waals surface area contributed by atoms with Crippen LogP contribution in [0.1, 0.15) is 6.42 Å². The van der Waals surface area contributed by atoms with Crippen molar-refractivity contribution in [3.05, 3.63) is 25.3 Å². The van der Waals surface area contributed by atoms with Crippen LogP contribution in [0.15, 0.2) is 25.3 Å². The summed E-state index contributed by atoms with van der Waals surface area (Å²) in [5, 5.41) is 9.49. The molecule has 1 heterocycles. The number of aliphatic hydroxyl groups excluding tert-OH is 1. The lowest BCUT2D eigenvalue weighted by Gasteiger charge is -2.36. The SMILES string of the molecule is C=CC1CC(OC)C(C=C)OC1O. The lowest BCUT2D eigenvalue weighted by Crippen LogP contribution is -2.43. The van der Waals surface area contributed by atoms with Crippen LogP contribution in [0.25, 0.3) is 0 Å². The second-order valence-electron chi connectivity index (χ2n) is 3.14. The molecule has 1 aliphatic heterocycles. The summed E-state index contributed by atoms with van der Waals surface area (Å²) in [5.74, 6) is -0.0545. The summed E-state index contributed by atoms with van der Waals surface area (Å²) in [5.41, 5.74) is 0. The van der Waals surface area contributed by atoms with Crippen molar-refractivity contribution in [1.82, 2.24) is 0 Å². The quantitative estimate of drug-likeness (QED) is 0.667. The Bertz CT molecular complexity index is 191. The highest BCUT2D eigenvalue weighted by Gasteiger charge is 2.34. The van der Waals surface area contributed by atoms with Crippen LogP contribution in [0.3, 0.4) is 0 Å². The third-order valence-corrected chi connectivity index (χ3v) is 2.37. The van der Waals surface area contributed by atoms with Gasteiger partial charge < -0.3 is 14.6 Å². The Balaban J connectivity index is 2.64. The number of methoxy groups -OCH3 is 1. The second kappa shape index (κ2) is 4.56. The molecule has 4 atom stereocenters. The summed E-state index contributed by atoms with van der Waals surface area (Å²) in [7, 11) is 1.63. The van der Waals surface area contributed by atoms with E-state index in [2.05, 4.69) is 13.2 Å². The molecular formula is C10H16O3. The van der Waals surface area contributed by atoms with E-state index < -0.39 is 6.29 Å². The predicted molar refractivity (Wildman–Crippen MR) is 50.2 cm³/mol. The van der Waals surface area contributed by atoms with Gasteiger partial charge >= 0.3 is 0 Å². The fourth-order valence-corrected chi connectivity index (χ4v) is 1.52. The van der Waals surface area contributed by atoms with Gasteiger partial charge in [0.15, 0.2) is 6.29 Å². The molecule has 0 bridgehead atoms. The number of ether oxygens (including phenoxy) is 2. The molecule has 3 nitrogen and oxygen atoms in total. The molecule has 1 aliphatic rings. The maximum Gasteiger partial charge on any atom is 0.161 e. The normalized spacial score (nSPS) is 39.8. The maximum absolute atomic E-state index is 9.49. The first-order valence-corrected chi connectivity index (χ1v) is 4.34. The topological polar surface area (TPSA) is 38.7 Å². The lowest BCUT2D eigenvalue weighted by molar-refractivity contribution is -0.208. The molecule has 1 N–H and O–H groups in total. The summed E-state index contributed by atoms with van der Waals surface area (Å²) in [6.45, 7) is 7.26. The largest absolute Gasteiger partial charge is 0.378 e. The average molecular weight is 184 g/mol. The highest BCUT2D eigenvalue weighted by molar-refractivity contribution is 4.96. The molecule has 0 aliphatic carbocycles. The Labute approximate surface area is 78.7 Å². The minimum Gasteiger partial charge on any atom is -0.378 e. The number of hydrogen-bond acceptors (Lipinski definition) is 3. The Kier molecular flexibility index (Phi) is 3.66. The Morgan fingerprint density at radius 2 is 2.15 bits per heavy atom. The first-order valence-electron chi connectivity index (χ1n) is 4.34. The smallest absolute Gasteiger partial charge is 0.161 e. The molecule has 0 amide bonds. The van der Waals surface area contributed by atoms with Crippen LogP contribution in [-0.2, 0) is 9.47 Å². The van der Waals surface area contributed by atoms with Gasteiger partial charge in [0.05, 0.1) is 6.10 Å². The van der Waals surface area contributed by atoms with Gasteiger partial charge in [-0.25, -0.2) is 0 Å². The third-order valence-electron chi connectivity index (χ3n) is 2.37. The zero-order valence-electron chi connectivity index (χ0n) is 7.85. The minimum absolute atomic E-state index is 0.0381. The molecule has 1 rings (SSSR count). The van der Waals surface area contributed by atoms with Gasteiger partial charge in [-0.1, -0.05) is 12.2 Å². The van der Waals surface area contributed by atoms with Crippen molar-refractivity contribution in [1.29, 1.82) is 0 Å². The highest BCUT2D eigenvalue weighted by Crippen LogP contribution is 2.26. The third kappa shape index (κ3) is 2.18. The van der Waals surface area contributed by atoms with E-state index in [-0.39, 0.29) is 18.1 Å². The van der Waals surface area contributed by atoms with Crippen LogP contribution in [-0.4, -0.2) is 30.7 Å². The van der Waals surface area contributed by atoms with Gasteiger partial charge in [0.2, 0.25) is 0 Å². The van der Waals surface area contributed by atoms with Crippen molar-refractivity contribution in [2.75, 3.05) is 7.11 Å². The average Bonchev–Trinajstić information content (AvgIpc) is 2.17. The van der Waals surface area contributed by atoms with E-state index in [0.29, 0.717) is 0 Å². The molecule has 74 valence electrons. The lowest BCUT2D eigenvalue weighted by atomic mass is 9.94. The Morgan fingerprint density at radius 1 is 1.46 bits per heavy atom.